The van der Waals surface area contributed by atoms with Crippen molar-refractivity contribution in [2.75, 3.05) is 13.2 Å². The van der Waals surface area contributed by atoms with Crippen molar-refractivity contribution in [1.82, 2.24) is 4.98 Å². The second kappa shape index (κ2) is 5.12. The molecule has 0 atom stereocenters. The normalized spacial score (nSPS) is 11.5. The molecule has 1 aromatic heterocycles. The van der Waals surface area contributed by atoms with Crippen LogP contribution < -0.4 is 10.5 Å². The van der Waals surface area contributed by atoms with Crippen molar-refractivity contribution < 1.29 is 4.74 Å². The zero-order chi connectivity index (χ0) is 11.3. The van der Waals surface area contributed by atoms with Crippen LogP contribution in [0.2, 0.25) is 0 Å². The molecule has 2 N–H and O–H groups in total. The Balaban J connectivity index is 2.57. The van der Waals surface area contributed by atoms with E-state index in [1.54, 1.807) is 0 Å². The molecule has 84 valence electrons. The first-order valence-corrected chi connectivity index (χ1v) is 5.33. The fraction of sp³-hybridized carbons (Fsp3) is 0.583. The number of pyridine rings is 1. The van der Waals surface area contributed by atoms with Crippen LogP contribution in [0.5, 0.6) is 5.88 Å². The van der Waals surface area contributed by atoms with Crippen LogP contribution in [-0.2, 0) is 5.41 Å². The van der Waals surface area contributed by atoms with Crippen molar-refractivity contribution in [3.8, 4) is 5.88 Å². The third-order valence-corrected chi connectivity index (χ3v) is 2.20. The summed E-state index contributed by atoms with van der Waals surface area (Å²) < 4.78 is 5.42. The van der Waals surface area contributed by atoms with E-state index in [-0.39, 0.29) is 5.41 Å². The number of nitrogens with zero attached hydrogens (tertiary/aromatic N) is 1. The predicted octanol–water partition coefficient (Wildman–Crippen LogP) is 2.11. The first kappa shape index (κ1) is 12.0. The lowest BCUT2D eigenvalue weighted by Crippen LogP contribution is -2.12. The second-order valence-corrected chi connectivity index (χ2v) is 4.63. The molecule has 15 heavy (non-hydrogen) atoms. The van der Waals surface area contributed by atoms with Crippen LogP contribution in [0.3, 0.4) is 0 Å². The van der Waals surface area contributed by atoms with Gasteiger partial charge in [0.25, 0.3) is 0 Å². The SMILES string of the molecule is CC(C)(C)c1ccc(OCCCN)nc1. The topological polar surface area (TPSA) is 48.1 Å². The summed E-state index contributed by atoms with van der Waals surface area (Å²) >= 11 is 0. The first-order valence-electron chi connectivity index (χ1n) is 5.33. The van der Waals surface area contributed by atoms with Crippen LogP contribution in [-0.4, -0.2) is 18.1 Å². The van der Waals surface area contributed by atoms with E-state index >= 15 is 0 Å². The van der Waals surface area contributed by atoms with Gasteiger partial charge in [-0.2, -0.15) is 0 Å². The van der Waals surface area contributed by atoms with Crippen LogP contribution in [0, 0.1) is 0 Å². The summed E-state index contributed by atoms with van der Waals surface area (Å²) in [7, 11) is 0. The van der Waals surface area contributed by atoms with Gasteiger partial charge in [-0.15, -0.1) is 0 Å². The molecule has 0 aromatic carbocycles. The van der Waals surface area contributed by atoms with Gasteiger partial charge >= 0.3 is 0 Å². The Kier molecular flexibility index (Phi) is 4.09. The monoisotopic (exact) mass is 208 g/mol. The lowest BCUT2D eigenvalue weighted by Gasteiger charge is -2.18. The summed E-state index contributed by atoms with van der Waals surface area (Å²) in [5, 5.41) is 0. The molecule has 0 amide bonds. The summed E-state index contributed by atoms with van der Waals surface area (Å²) in [6, 6.07) is 3.97. The summed E-state index contributed by atoms with van der Waals surface area (Å²) in [5.41, 5.74) is 6.73. The molecule has 3 heteroatoms. The third kappa shape index (κ3) is 3.88. The number of hydrogen-bond acceptors (Lipinski definition) is 3. The minimum Gasteiger partial charge on any atom is -0.478 e. The van der Waals surface area contributed by atoms with Crippen molar-refractivity contribution in [3.63, 3.8) is 0 Å². The van der Waals surface area contributed by atoms with E-state index in [2.05, 4.69) is 31.8 Å². The first-order chi connectivity index (χ1) is 7.04. The van der Waals surface area contributed by atoms with Gasteiger partial charge in [0.15, 0.2) is 0 Å². The fourth-order valence-corrected chi connectivity index (χ4v) is 1.17. The molecule has 0 saturated carbocycles. The number of aromatic nitrogens is 1. The van der Waals surface area contributed by atoms with Crippen LogP contribution in [0.25, 0.3) is 0 Å². The van der Waals surface area contributed by atoms with Crippen LogP contribution in [0.4, 0.5) is 0 Å². The number of ether oxygens (including phenoxy) is 1. The molecule has 1 aromatic rings. The van der Waals surface area contributed by atoms with Gasteiger partial charge in [-0.05, 0) is 23.9 Å². The number of rotatable bonds is 4. The second-order valence-electron chi connectivity index (χ2n) is 4.63. The van der Waals surface area contributed by atoms with Gasteiger partial charge in [0, 0.05) is 12.3 Å². The molecule has 0 radical (unpaired) electrons. The van der Waals surface area contributed by atoms with E-state index in [1.807, 2.05) is 12.3 Å². The van der Waals surface area contributed by atoms with Crippen molar-refractivity contribution in [3.05, 3.63) is 23.9 Å². The molecule has 3 nitrogen and oxygen atoms in total. The molecule has 0 spiro atoms. The molecule has 0 unspecified atom stereocenters. The average Bonchev–Trinajstić information content (AvgIpc) is 2.18. The molecule has 0 aliphatic rings. The standard InChI is InChI=1S/C12H20N2O/c1-12(2,3)10-5-6-11(14-9-10)15-8-4-7-13/h5-6,9H,4,7-8,13H2,1-3H3. The quantitative estimate of drug-likeness (QED) is 0.771. The van der Waals surface area contributed by atoms with Gasteiger partial charge in [0.1, 0.15) is 0 Å². The highest BCUT2D eigenvalue weighted by molar-refractivity contribution is 5.23. The van der Waals surface area contributed by atoms with Gasteiger partial charge in [0.05, 0.1) is 6.61 Å². The van der Waals surface area contributed by atoms with Crippen molar-refractivity contribution in [2.45, 2.75) is 32.6 Å². The average molecular weight is 208 g/mol. The smallest absolute Gasteiger partial charge is 0.213 e. The van der Waals surface area contributed by atoms with Crippen LogP contribution >= 0.6 is 0 Å². The lowest BCUT2D eigenvalue weighted by atomic mass is 9.88. The number of hydrogen-bond donors (Lipinski definition) is 1. The van der Waals surface area contributed by atoms with Crippen molar-refractivity contribution in [1.29, 1.82) is 0 Å². The van der Waals surface area contributed by atoms with Gasteiger partial charge in [-0.1, -0.05) is 26.8 Å². The highest BCUT2D eigenvalue weighted by Gasteiger charge is 2.13. The predicted molar refractivity (Wildman–Crippen MR) is 62.1 cm³/mol. The summed E-state index contributed by atoms with van der Waals surface area (Å²) in [4.78, 5) is 4.25. The van der Waals surface area contributed by atoms with Gasteiger partial charge in [-0.25, -0.2) is 4.98 Å². The van der Waals surface area contributed by atoms with Gasteiger partial charge in [0.2, 0.25) is 5.88 Å². The molecule has 0 fully saturated rings. The van der Waals surface area contributed by atoms with E-state index in [0.717, 1.165) is 6.42 Å². The fourth-order valence-electron chi connectivity index (χ4n) is 1.17. The van der Waals surface area contributed by atoms with Gasteiger partial charge < -0.3 is 10.5 Å². The molecule has 0 aliphatic heterocycles. The minimum atomic E-state index is 0.142. The maximum absolute atomic E-state index is 5.42. The Bertz CT molecular complexity index is 287. The highest BCUT2D eigenvalue weighted by Crippen LogP contribution is 2.22. The Morgan fingerprint density at radius 1 is 1.33 bits per heavy atom. The molecule has 0 bridgehead atoms. The van der Waals surface area contributed by atoms with E-state index in [1.165, 1.54) is 5.56 Å². The largest absolute Gasteiger partial charge is 0.478 e. The van der Waals surface area contributed by atoms with Gasteiger partial charge in [-0.3, -0.25) is 0 Å². The van der Waals surface area contributed by atoms with Crippen molar-refractivity contribution in [2.24, 2.45) is 5.73 Å². The Labute approximate surface area is 91.7 Å². The van der Waals surface area contributed by atoms with E-state index in [9.17, 15) is 0 Å². The summed E-state index contributed by atoms with van der Waals surface area (Å²) in [5.74, 6) is 0.677. The number of nitrogens with two attached hydrogens (primary N) is 1. The zero-order valence-corrected chi connectivity index (χ0v) is 9.79. The molecular weight excluding hydrogens is 188 g/mol. The lowest BCUT2D eigenvalue weighted by molar-refractivity contribution is 0.301. The van der Waals surface area contributed by atoms with E-state index < -0.39 is 0 Å². The maximum Gasteiger partial charge on any atom is 0.213 e. The van der Waals surface area contributed by atoms with Crippen LogP contribution in [0.15, 0.2) is 18.3 Å². The van der Waals surface area contributed by atoms with E-state index in [0.29, 0.717) is 19.0 Å². The van der Waals surface area contributed by atoms with Crippen molar-refractivity contribution >= 4 is 0 Å². The molecule has 0 aliphatic carbocycles. The minimum absolute atomic E-state index is 0.142. The maximum atomic E-state index is 5.42. The molecule has 1 heterocycles. The Morgan fingerprint density at radius 2 is 2.07 bits per heavy atom. The molecule has 0 saturated heterocycles. The molecule has 1 rings (SSSR count). The van der Waals surface area contributed by atoms with Crippen LogP contribution in [0.1, 0.15) is 32.8 Å². The Hall–Kier alpha value is -1.09. The zero-order valence-electron chi connectivity index (χ0n) is 9.79. The molecular formula is C12H20N2O. The third-order valence-electron chi connectivity index (χ3n) is 2.20. The Morgan fingerprint density at radius 3 is 2.53 bits per heavy atom. The highest BCUT2D eigenvalue weighted by atomic mass is 16.5. The summed E-state index contributed by atoms with van der Waals surface area (Å²) in [6.07, 6.45) is 2.74. The van der Waals surface area contributed by atoms with E-state index in [4.69, 9.17) is 10.5 Å². The summed E-state index contributed by atoms with van der Waals surface area (Å²) in [6.45, 7) is 7.79.